The third-order valence-electron chi connectivity index (χ3n) is 7.85. The minimum atomic E-state index is -1.20. The fourth-order valence-corrected chi connectivity index (χ4v) is 5.72. The van der Waals surface area contributed by atoms with Crippen LogP contribution in [0.1, 0.15) is 63.0 Å². The average molecular weight is 548 g/mol. The summed E-state index contributed by atoms with van der Waals surface area (Å²) in [5.41, 5.74) is 1.85. The van der Waals surface area contributed by atoms with Crippen LogP contribution in [0.2, 0.25) is 0 Å². The van der Waals surface area contributed by atoms with Crippen molar-refractivity contribution in [2.45, 2.75) is 57.5 Å². The predicted octanol–water partition coefficient (Wildman–Crippen LogP) is 4.18. The second kappa shape index (κ2) is 12.5. The van der Waals surface area contributed by atoms with Crippen molar-refractivity contribution >= 4 is 23.5 Å². The topological polar surface area (TPSA) is 139 Å². The number of allylic oxidation sites excluding steroid dienone is 2. The number of carbonyl (C=O) groups is 3. The number of hydrogen-bond donors (Lipinski definition) is 5. The molecule has 0 spiro atoms. The van der Waals surface area contributed by atoms with Crippen LogP contribution in [0, 0.1) is 0 Å². The number of anilines is 1. The molecular weight excluding hydrogens is 510 g/mol. The number of carboxylic acids is 2. The van der Waals surface area contributed by atoms with Gasteiger partial charge >= 0.3 is 11.9 Å². The number of nitrogens with one attached hydrogen (secondary N) is 2. The van der Waals surface area contributed by atoms with Gasteiger partial charge in [0.15, 0.2) is 0 Å². The Morgan fingerprint density at radius 2 is 1.55 bits per heavy atom. The van der Waals surface area contributed by atoms with Crippen LogP contribution in [0.15, 0.2) is 77.1 Å². The first-order valence-corrected chi connectivity index (χ1v) is 13.6. The van der Waals surface area contributed by atoms with Crippen molar-refractivity contribution < 1.29 is 29.7 Å². The van der Waals surface area contributed by atoms with Crippen LogP contribution >= 0.6 is 0 Å². The molecular formula is C31H37N3O6. The summed E-state index contributed by atoms with van der Waals surface area (Å²) in [6.45, 7) is 5.69. The van der Waals surface area contributed by atoms with Gasteiger partial charge in [-0.2, -0.15) is 0 Å². The summed E-state index contributed by atoms with van der Waals surface area (Å²) in [7, 11) is 0. The second-order valence-electron chi connectivity index (χ2n) is 10.6. The van der Waals surface area contributed by atoms with Crippen LogP contribution in [0.3, 0.4) is 0 Å². The first-order chi connectivity index (χ1) is 19.1. The minimum Gasteiger partial charge on any atom is -0.478 e. The highest BCUT2D eigenvalue weighted by Gasteiger charge is 2.37. The van der Waals surface area contributed by atoms with Gasteiger partial charge in [-0.1, -0.05) is 42.5 Å². The molecule has 5 N–H and O–H groups in total. The lowest BCUT2D eigenvalue weighted by Gasteiger charge is -2.38. The number of piperidine rings is 1. The molecule has 9 heteroatoms. The molecule has 212 valence electrons. The van der Waals surface area contributed by atoms with Crippen molar-refractivity contribution in [2.75, 3.05) is 25.0 Å². The summed E-state index contributed by atoms with van der Waals surface area (Å²) in [6.07, 6.45) is 3.25. The zero-order valence-electron chi connectivity index (χ0n) is 22.9. The van der Waals surface area contributed by atoms with Crippen molar-refractivity contribution in [3.63, 3.8) is 0 Å². The van der Waals surface area contributed by atoms with E-state index in [1.807, 2.05) is 30.3 Å². The van der Waals surface area contributed by atoms with Crippen molar-refractivity contribution in [2.24, 2.45) is 0 Å². The SMILES string of the molecule is CC1=C(C(=O)O)C(c2cccc(NC(=O)CCCCN3CCC(O)(c4ccccc4)CC3)c2)C(C(=O)O)=C(C)N1. The number of amides is 1. The van der Waals surface area contributed by atoms with E-state index in [1.54, 1.807) is 38.1 Å². The van der Waals surface area contributed by atoms with E-state index < -0.39 is 23.5 Å². The third kappa shape index (κ3) is 6.60. The van der Waals surface area contributed by atoms with E-state index in [2.05, 4.69) is 15.5 Å². The smallest absolute Gasteiger partial charge is 0.334 e. The first kappa shape index (κ1) is 29.0. The highest BCUT2D eigenvalue weighted by Crippen LogP contribution is 2.39. The lowest BCUT2D eigenvalue weighted by Crippen LogP contribution is -2.42. The molecule has 2 aromatic carbocycles. The molecule has 1 saturated heterocycles. The standard InChI is InChI=1S/C31H37N3O6/c1-20-26(29(36)37)28(27(30(38)39)21(2)32-20)22-9-8-12-24(19-22)33-25(35)13-6-7-16-34-17-14-31(40,15-18-34)23-10-4-3-5-11-23/h3-5,8-12,19,28,32,40H,6-7,13-18H2,1-2H3,(H,33,35)(H,36,37)(H,38,39). The van der Waals surface area contributed by atoms with Crippen LogP contribution in [0.25, 0.3) is 0 Å². The number of dihydropyridines is 1. The monoisotopic (exact) mass is 547 g/mol. The molecule has 2 aromatic rings. The summed E-state index contributed by atoms with van der Waals surface area (Å²) < 4.78 is 0. The average Bonchev–Trinajstić information content (AvgIpc) is 2.92. The maximum Gasteiger partial charge on any atom is 0.334 e. The van der Waals surface area contributed by atoms with E-state index in [1.165, 1.54) is 0 Å². The van der Waals surface area contributed by atoms with Crippen LogP contribution < -0.4 is 10.6 Å². The Morgan fingerprint density at radius 3 is 2.15 bits per heavy atom. The Balaban J connectivity index is 1.30. The van der Waals surface area contributed by atoms with Crippen molar-refractivity contribution in [3.05, 3.63) is 88.3 Å². The minimum absolute atomic E-state index is 0.0357. The highest BCUT2D eigenvalue weighted by atomic mass is 16.4. The molecule has 0 radical (unpaired) electrons. The number of hydrogen-bond acceptors (Lipinski definition) is 6. The number of carboxylic acid groups (broad SMARTS) is 2. The lowest BCUT2D eigenvalue weighted by atomic mass is 9.80. The van der Waals surface area contributed by atoms with Crippen LogP contribution in [-0.4, -0.2) is 57.7 Å². The van der Waals surface area contributed by atoms with E-state index >= 15 is 0 Å². The third-order valence-corrected chi connectivity index (χ3v) is 7.85. The van der Waals surface area contributed by atoms with Crippen molar-refractivity contribution in [3.8, 4) is 0 Å². The van der Waals surface area contributed by atoms with Crippen molar-refractivity contribution in [1.29, 1.82) is 0 Å². The van der Waals surface area contributed by atoms with Crippen LogP contribution in [0.5, 0.6) is 0 Å². The molecule has 0 saturated carbocycles. The first-order valence-electron chi connectivity index (χ1n) is 13.6. The van der Waals surface area contributed by atoms with Gasteiger partial charge in [-0.25, -0.2) is 9.59 Å². The molecule has 0 atom stereocenters. The van der Waals surface area contributed by atoms with Crippen molar-refractivity contribution in [1.82, 2.24) is 10.2 Å². The molecule has 2 heterocycles. The summed E-state index contributed by atoms with van der Waals surface area (Å²) in [5, 5.41) is 36.4. The maximum atomic E-state index is 12.7. The number of aliphatic hydroxyl groups is 1. The van der Waals surface area contributed by atoms with E-state index in [0.29, 0.717) is 48.3 Å². The van der Waals surface area contributed by atoms with Gasteiger partial charge in [-0.15, -0.1) is 0 Å². The quantitative estimate of drug-likeness (QED) is 0.279. The number of rotatable bonds is 10. The molecule has 4 rings (SSSR count). The molecule has 0 aliphatic carbocycles. The summed E-state index contributed by atoms with van der Waals surface area (Å²) in [6, 6.07) is 16.5. The fourth-order valence-electron chi connectivity index (χ4n) is 5.72. The number of nitrogens with zero attached hydrogens (tertiary/aromatic N) is 1. The predicted molar refractivity (Wildman–Crippen MR) is 151 cm³/mol. The molecule has 1 amide bonds. The molecule has 40 heavy (non-hydrogen) atoms. The zero-order chi connectivity index (χ0) is 28.9. The molecule has 2 aliphatic heterocycles. The largest absolute Gasteiger partial charge is 0.478 e. The molecule has 2 aliphatic rings. The Bertz CT molecular complexity index is 1290. The number of unbranched alkanes of at least 4 members (excludes halogenated alkanes) is 1. The molecule has 1 fully saturated rings. The van der Waals surface area contributed by atoms with E-state index in [9.17, 15) is 29.7 Å². The van der Waals surface area contributed by atoms with E-state index in [4.69, 9.17) is 0 Å². The molecule has 0 unspecified atom stereocenters. The number of aliphatic carboxylic acids is 2. The Kier molecular flexibility index (Phi) is 9.07. The van der Waals surface area contributed by atoms with Crippen LogP contribution in [-0.2, 0) is 20.0 Å². The van der Waals surface area contributed by atoms with Gasteiger partial charge in [0.05, 0.1) is 22.7 Å². The van der Waals surface area contributed by atoms with Gasteiger partial charge in [-0.3, -0.25) is 4.79 Å². The zero-order valence-corrected chi connectivity index (χ0v) is 22.9. The van der Waals surface area contributed by atoms with Gasteiger partial charge in [0.1, 0.15) is 0 Å². The highest BCUT2D eigenvalue weighted by molar-refractivity contribution is 5.98. The maximum absolute atomic E-state index is 12.7. The number of likely N-dealkylation sites (tertiary alicyclic amines) is 1. The Morgan fingerprint density at radius 1 is 0.925 bits per heavy atom. The molecule has 9 nitrogen and oxygen atoms in total. The van der Waals surface area contributed by atoms with Gasteiger partial charge in [0.2, 0.25) is 5.91 Å². The number of benzene rings is 2. The number of carbonyl (C=O) groups excluding carboxylic acids is 1. The van der Waals surface area contributed by atoms with Gasteiger partial charge < -0.3 is 30.9 Å². The summed E-state index contributed by atoms with van der Waals surface area (Å²) in [4.78, 5) is 39.1. The molecule has 0 bridgehead atoms. The van der Waals surface area contributed by atoms with Gasteiger partial charge in [-0.05, 0) is 69.3 Å². The summed E-state index contributed by atoms with van der Waals surface area (Å²) >= 11 is 0. The van der Waals surface area contributed by atoms with Gasteiger partial charge in [0.25, 0.3) is 0 Å². The Hall–Kier alpha value is -3.95. The normalized spacial score (nSPS) is 17.9. The van der Waals surface area contributed by atoms with Gasteiger partial charge in [0, 0.05) is 36.6 Å². The Labute approximate surface area is 234 Å². The fraction of sp³-hybridized carbons (Fsp3) is 0.387. The van der Waals surface area contributed by atoms with E-state index in [-0.39, 0.29) is 17.1 Å². The molecule has 0 aromatic heterocycles. The summed E-state index contributed by atoms with van der Waals surface area (Å²) in [5.74, 6) is -3.53. The lowest BCUT2D eigenvalue weighted by molar-refractivity contribution is -0.133. The van der Waals surface area contributed by atoms with E-state index in [0.717, 1.165) is 31.6 Å². The second-order valence-corrected chi connectivity index (χ2v) is 10.6. The van der Waals surface area contributed by atoms with Crippen LogP contribution in [0.4, 0.5) is 5.69 Å².